The van der Waals surface area contributed by atoms with E-state index in [0.717, 1.165) is 25.7 Å². The maximum Gasteiger partial charge on any atom is 0.407 e. The lowest BCUT2D eigenvalue weighted by atomic mass is 10.3. The topological polar surface area (TPSA) is 38.3 Å². The average molecular weight is 172 g/mol. The van der Waals surface area contributed by atoms with Crippen LogP contribution < -0.4 is 5.32 Å². The van der Waals surface area contributed by atoms with E-state index in [1.807, 2.05) is 0 Å². The van der Waals surface area contributed by atoms with Gasteiger partial charge in [-0.15, -0.1) is 0 Å². The molecule has 0 saturated heterocycles. The molecule has 71 valence electrons. The van der Waals surface area contributed by atoms with Crippen molar-refractivity contribution in [1.82, 2.24) is 5.32 Å². The Labute approximate surface area is 74.5 Å². The molecule has 0 saturated carbocycles. The molecule has 0 aliphatic rings. The monoisotopic (exact) mass is 172 g/mol. The molecular formula is C9H18NO2. The quantitative estimate of drug-likeness (QED) is 0.625. The smallest absolute Gasteiger partial charge is 0.407 e. The van der Waals surface area contributed by atoms with Crippen LogP contribution in [0.5, 0.6) is 0 Å². The van der Waals surface area contributed by atoms with Crippen LogP contribution in [0, 0.1) is 6.54 Å². The number of hydrogen-bond donors (Lipinski definition) is 1. The van der Waals surface area contributed by atoms with Crippen molar-refractivity contribution in [3.05, 3.63) is 6.54 Å². The summed E-state index contributed by atoms with van der Waals surface area (Å²) < 4.78 is 4.85. The molecule has 0 heterocycles. The molecule has 0 spiro atoms. The molecule has 3 nitrogen and oxygen atoms in total. The van der Waals surface area contributed by atoms with Crippen LogP contribution in [0.25, 0.3) is 0 Å². The van der Waals surface area contributed by atoms with Crippen molar-refractivity contribution in [3.8, 4) is 0 Å². The average Bonchev–Trinajstić information content (AvgIpc) is 2.06. The highest BCUT2D eigenvalue weighted by molar-refractivity contribution is 5.67. The van der Waals surface area contributed by atoms with E-state index in [9.17, 15) is 4.79 Å². The Morgan fingerprint density at radius 1 is 1.42 bits per heavy atom. The fourth-order valence-electron chi connectivity index (χ4n) is 0.651. The minimum Gasteiger partial charge on any atom is -0.450 e. The molecular weight excluding hydrogens is 154 g/mol. The van der Waals surface area contributed by atoms with E-state index < -0.39 is 0 Å². The van der Waals surface area contributed by atoms with Crippen LogP contribution in [-0.4, -0.2) is 12.7 Å². The third-order valence-corrected chi connectivity index (χ3v) is 1.38. The third kappa shape index (κ3) is 7.38. The van der Waals surface area contributed by atoms with Crippen molar-refractivity contribution in [2.75, 3.05) is 6.61 Å². The molecule has 0 aromatic carbocycles. The van der Waals surface area contributed by atoms with Crippen molar-refractivity contribution in [3.63, 3.8) is 0 Å². The highest BCUT2D eigenvalue weighted by Gasteiger charge is 1.98. The lowest BCUT2D eigenvalue weighted by Gasteiger charge is -2.04. The first-order valence-corrected chi connectivity index (χ1v) is 4.56. The van der Waals surface area contributed by atoms with Crippen LogP contribution in [0.15, 0.2) is 0 Å². The van der Waals surface area contributed by atoms with Gasteiger partial charge in [-0.25, -0.2) is 4.79 Å². The number of amides is 1. The molecule has 0 atom stereocenters. The van der Waals surface area contributed by atoms with E-state index in [4.69, 9.17) is 4.74 Å². The summed E-state index contributed by atoms with van der Waals surface area (Å²) in [4.78, 5) is 10.8. The molecule has 0 bridgehead atoms. The summed E-state index contributed by atoms with van der Waals surface area (Å²) in [5.41, 5.74) is 0. The predicted molar refractivity (Wildman–Crippen MR) is 48.6 cm³/mol. The maximum absolute atomic E-state index is 10.8. The molecule has 0 unspecified atom stereocenters. The first kappa shape index (κ1) is 11.3. The fourth-order valence-corrected chi connectivity index (χ4v) is 0.651. The molecule has 3 heteroatoms. The zero-order valence-corrected chi connectivity index (χ0v) is 7.93. The van der Waals surface area contributed by atoms with Crippen LogP contribution in [0.2, 0.25) is 0 Å². The van der Waals surface area contributed by atoms with Gasteiger partial charge in [0.1, 0.15) is 0 Å². The molecule has 1 radical (unpaired) electrons. The molecule has 0 aromatic heterocycles. The fraction of sp³-hybridized carbons (Fsp3) is 0.778. The van der Waals surface area contributed by atoms with Crippen molar-refractivity contribution in [1.29, 1.82) is 0 Å². The number of hydrogen-bond acceptors (Lipinski definition) is 2. The summed E-state index contributed by atoms with van der Waals surface area (Å²) in [7, 11) is 0. The normalized spacial score (nSPS) is 9.50. The Balaban J connectivity index is 3.10. The summed E-state index contributed by atoms with van der Waals surface area (Å²) in [6.45, 7) is 6.36. The zero-order chi connectivity index (χ0) is 9.23. The number of ether oxygens (including phenoxy) is 1. The van der Waals surface area contributed by atoms with Gasteiger partial charge in [-0.2, -0.15) is 0 Å². The van der Waals surface area contributed by atoms with E-state index in [1.54, 1.807) is 6.54 Å². The molecule has 1 amide bonds. The highest BCUT2D eigenvalue weighted by Crippen LogP contribution is 1.91. The SMILES string of the molecule is CCC[CH]NC(=O)OCCCC. The van der Waals surface area contributed by atoms with Gasteiger partial charge >= 0.3 is 6.09 Å². The predicted octanol–water partition coefficient (Wildman–Crippen LogP) is 2.47. The van der Waals surface area contributed by atoms with Gasteiger partial charge in [-0.3, -0.25) is 0 Å². The zero-order valence-electron chi connectivity index (χ0n) is 7.93. The molecule has 0 rings (SSSR count). The largest absolute Gasteiger partial charge is 0.450 e. The number of rotatable bonds is 6. The van der Waals surface area contributed by atoms with Crippen LogP contribution in [0.3, 0.4) is 0 Å². The summed E-state index contributed by atoms with van der Waals surface area (Å²) in [6.07, 6.45) is 3.57. The van der Waals surface area contributed by atoms with E-state index in [0.29, 0.717) is 6.61 Å². The second-order valence-electron chi connectivity index (χ2n) is 2.63. The second kappa shape index (κ2) is 8.37. The maximum atomic E-state index is 10.8. The lowest BCUT2D eigenvalue weighted by Crippen LogP contribution is -2.21. The Hall–Kier alpha value is -0.730. The first-order chi connectivity index (χ1) is 5.81. The third-order valence-electron chi connectivity index (χ3n) is 1.38. The number of alkyl carbamates (subject to hydrolysis) is 1. The van der Waals surface area contributed by atoms with Crippen molar-refractivity contribution in [2.24, 2.45) is 0 Å². The van der Waals surface area contributed by atoms with Crippen LogP contribution >= 0.6 is 0 Å². The van der Waals surface area contributed by atoms with Gasteiger partial charge in [0.2, 0.25) is 0 Å². The molecule has 12 heavy (non-hydrogen) atoms. The highest BCUT2D eigenvalue weighted by atomic mass is 16.5. The summed E-state index contributed by atoms with van der Waals surface area (Å²) in [5, 5.41) is 2.56. The van der Waals surface area contributed by atoms with E-state index in [-0.39, 0.29) is 6.09 Å². The Morgan fingerprint density at radius 2 is 2.17 bits per heavy atom. The molecule has 1 N–H and O–H groups in total. The van der Waals surface area contributed by atoms with Gasteiger partial charge in [0, 0.05) is 0 Å². The standard InChI is InChI=1S/C9H18NO2/c1-3-5-7-10-9(11)12-8-6-4-2/h7H,3-6,8H2,1-2H3,(H,10,11). The minimum atomic E-state index is -0.336. The van der Waals surface area contributed by atoms with Crippen LogP contribution in [-0.2, 0) is 4.74 Å². The molecule has 0 fully saturated rings. The summed E-state index contributed by atoms with van der Waals surface area (Å²) >= 11 is 0. The number of carbonyl (C=O) groups excluding carboxylic acids is 1. The Kier molecular flexibility index (Phi) is 7.86. The minimum absolute atomic E-state index is 0.336. The Bertz CT molecular complexity index is 103. The molecule has 0 aliphatic heterocycles. The lowest BCUT2D eigenvalue weighted by molar-refractivity contribution is 0.146. The van der Waals surface area contributed by atoms with Crippen molar-refractivity contribution in [2.45, 2.75) is 39.5 Å². The Morgan fingerprint density at radius 3 is 2.75 bits per heavy atom. The van der Waals surface area contributed by atoms with E-state index in [1.165, 1.54) is 0 Å². The van der Waals surface area contributed by atoms with Crippen molar-refractivity contribution < 1.29 is 9.53 Å². The molecule has 0 aliphatic carbocycles. The van der Waals surface area contributed by atoms with Gasteiger partial charge in [-0.1, -0.05) is 26.7 Å². The van der Waals surface area contributed by atoms with Gasteiger partial charge in [0.15, 0.2) is 0 Å². The number of nitrogens with one attached hydrogen (secondary N) is 1. The summed E-state index contributed by atoms with van der Waals surface area (Å²) in [5.74, 6) is 0. The van der Waals surface area contributed by atoms with Gasteiger partial charge in [0.25, 0.3) is 0 Å². The van der Waals surface area contributed by atoms with Crippen LogP contribution in [0.1, 0.15) is 39.5 Å². The second-order valence-corrected chi connectivity index (χ2v) is 2.63. The molecule has 0 aromatic rings. The van der Waals surface area contributed by atoms with E-state index in [2.05, 4.69) is 19.2 Å². The van der Waals surface area contributed by atoms with Gasteiger partial charge < -0.3 is 10.1 Å². The van der Waals surface area contributed by atoms with E-state index >= 15 is 0 Å². The van der Waals surface area contributed by atoms with Crippen molar-refractivity contribution >= 4 is 6.09 Å². The number of unbranched alkanes of at least 4 members (excludes halogenated alkanes) is 2. The number of carbonyl (C=O) groups is 1. The van der Waals surface area contributed by atoms with Gasteiger partial charge in [0.05, 0.1) is 13.2 Å². The first-order valence-electron chi connectivity index (χ1n) is 4.56. The van der Waals surface area contributed by atoms with Gasteiger partial charge in [-0.05, 0) is 12.8 Å². The van der Waals surface area contributed by atoms with Crippen LogP contribution in [0.4, 0.5) is 4.79 Å². The summed E-state index contributed by atoms with van der Waals surface area (Å²) in [6, 6.07) is 0.